The van der Waals surface area contributed by atoms with Crippen LogP contribution >= 0.6 is 0 Å². The van der Waals surface area contributed by atoms with Crippen molar-refractivity contribution in [3.63, 3.8) is 0 Å². The van der Waals surface area contributed by atoms with Crippen molar-refractivity contribution in [3.8, 4) is 0 Å². The van der Waals surface area contributed by atoms with Crippen LogP contribution in [0, 0.1) is 17.3 Å². The molecule has 1 N–H and O–H groups in total. The fourth-order valence-corrected chi connectivity index (χ4v) is 3.95. The second-order valence-corrected chi connectivity index (χ2v) is 8.38. The van der Waals surface area contributed by atoms with Crippen molar-refractivity contribution in [2.45, 2.75) is 72.9 Å². The zero-order chi connectivity index (χ0) is 15.6. The molecule has 3 atom stereocenters. The van der Waals surface area contributed by atoms with Crippen LogP contribution in [0.2, 0.25) is 0 Å². The summed E-state index contributed by atoms with van der Waals surface area (Å²) in [6, 6.07) is 10.3. The molecule has 21 heavy (non-hydrogen) atoms. The molecule has 0 aliphatic heterocycles. The quantitative estimate of drug-likeness (QED) is 0.768. The molecule has 0 saturated heterocycles. The van der Waals surface area contributed by atoms with Crippen LogP contribution in [0.1, 0.15) is 71.6 Å². The van der Waals surface area contributed by atoms with Gasteiger partial charge in [-0.1, -0.05) is 58.9 Å². The second kappa shape index (κ2) is 6.52. The van der Waals surface area contributed by atoms with E-state index in [9.17, 15) is 0 Å². The van der Waals surface area contributed by atoms with Crippen LogP contribution in [-0.2, 0) is 6.42 Å². The van der Waals surface area contributed by atoms with Gasteiger partial charge in [-0.15, -0.1) is 0 Å². The molecule has 0 radical (unpaired) electrons. The number of hydrogen-bond donors (Lipinski definition) is 1. The van der Waals surface area contributed by atoms with Crippen LogP contribution < -0.4 is 5.32 Å². The maximum atomic E-state index is 3.86. The molecule has 1 aliphatic rings. The molecule has 0 bridgehead atoms. The number of hydrogen-bond acceptors (Lipinski definition) is 1. The maximum absolute atomic E-state index is 3.86. The molecule has 0 heterocycles. The summed E-state index contributed by atoms with van der Waals surface area (Å²) in [6.45, 7) is 14.1. The molecule has 1 heteroatoms. The Balaban J connectivity index is 1.96. The molecule has 1 saturated carbocycles. The predicted molar refractivity (Wildman–Crippen MR) is 92.5 cm³/mol. The van der Waals surface area contributed by atoms with Gasteiger partial charge in [0.25, 0.3) is 0 Å². The largest absolute Gasteiger partial charge is 0.307 e. The first-order chi connectivity index (χ1) is 9.77. The molecular weight excluding hydrogens is 254 g/mol. The van der Waals surface area contributed by atoms with Gasteiger partial charge in [0.05, 0.1) is 0 Å². The van der Waals surface area contributed by atoms with Crippen LogP contribution in [0.15, 0.2) is 24.3 Å². The van der Waals surface area contributed by atoms with E-state index < -0.39 is 0 Å². The smallest absolute Gasteiger partial charge is 0.0294 e. The van der Waals surface area contributed by atoms with Gasteiger partial charge in [-0.05, 0) is 54.6 Å². The molecule has 3 unspecified atom stereocenters. The van der Waals surface area contributed by atoms with Crippen molar-refractivity contribution >= 4 is 0 Å². The Kier molecular flexibility index (Phi) is 5.14. The van der Waals surface area contributed by atoms with Crippen molar-refractivity contribution in [2.24, 2.45) is 17.3 Å². The van der Waals surface area contributed by atoms with Gasteiger partial charge in [-0.25, -0.2) is 0 Å². The summed E-state index contributed by atoms with van der Waals surface area (Å²) < 4.78 is 0. The average Bonchev–Trinajstić information content (AvgIpc) is 2.62. The first-order valence-corrected chi connectivity index (χ1v) is 8.62. The van der Waals surface area contributed by atoms with Crippen molar-refractivity contribution in [1.82, 2.24) is 5.32 Å². The van der Waals surface area contributed by atoms with Gasteiger partial charge in [-0.2, -0.15) is 0 Å². The molecule has 0 amide bonds. The van der Waals surface area contributed by atoms with Gasteiger partial charge in [0.2, 0.25) is 0 Å². The summed E-state index contributed by atoms with van der Waals surface area (Å²) in [5.41, 5.74) is 3.37. The topological polar surface area (TPSA) is 12.0 Å². The Morgan fingerprint density at radius 2 is 1.71 bits per heavy atom. The lowest BCUT2D eigenvalue weighted by molar-refractivity contribution is 0.356. The molecule has 1 nitrogen and oxygen atoms in total. The minimum atomic E-state index is 0.444. The lowest BCUT2D eigenvalue weighted by Gasteiger charge is -2.24. The number of nitrogens with one attached hydrogen (secondary N) is 1. The standard InChI is InChI=1S/C20H33N/c1-14(2)11-17-7-9-18(10-8-17)16(4)21-19-13-20(5,6)12-15(19)3/h7-10,14-16,19,21H,11-13H2,1-6H3. The van der Waals surface area contributed by atoms with Gasteiger partial charge >= 0.3 is 0 Å². The highest BCUT2D eigenvalue weighted by Gasteiger charge is 2.36. The summed E-state index contributed by atoms with van der Waals surface area (Å²) in [7, 11) is 0. The van der Waals surface area contributed by atoms with E-state index in [-0.39, 0.29) is 0 Å². The van der Waals surface area contributed by atoms with E-state index in [0.29, 0.717) is 17.5 Å². The fourth-order valence-electron chi connectivity index (χ4n) is 3.95. The van der Waals surface area contributed by atoms with Gasteiger partial charge in [0.1, 0.15) is 0 Å². The molecule has 118 valence electrons. The monoisotopic (exact) mass is 287 g/mol. The van der Waals surface area contributed by atoms with Crippen LogP contribution in [-0.4, -0.2) is 6.04 Å². The van der Waals surface area contributed by atoms with Gasteiger partial charge in [-0.3, -0.25) is 0 Å². The SMILES string of the molecule is CC(C)Cc1ccc(C(C)NC2CC(C)(C)CC2C)cc1. The first kappa shape index (κ1) is 16.5. The van der Waals surface area contributed by atoms with Gasteiger partial charge in [0.15, 0.2) is 0 Å². The summed E-state index contributed by atoms with van der Waals surface area (Å²) in [5, 5.41) is 3.86. The van der Waals surface area contributed by atoms with E-state index in [0.717, 1.165) is 11.8 Å². The average molecular weight is 287 g/mol. The van der Waals surface area contributed by atoms with Crippen LogP contribution in [0.5, 0.6) is 0 Å². The third kappa shape index (κ3) is 4.57. The Morgan fingerprint density at radius 3 is 2.19 bits per heavy atom. The van der Waals surface area contributed by atoms with Crippen LogP contribution in [0.3, 0.4) is 0 Å². The molecule has 1 aromatic carbocycles. The van der Waals surface area contributed by atoms with Gasteiger partial charge < -0.3 is 5.32 Å². The highest BCUT2D eigenvalue weighted by molar-refractivity contribution is 5.25. The summed E-state index contributed by atoms with van der Waals surface area (Å²) in [6.07, 6.45) is 3.81. The molecule has 1 fully saturated rings. The molecule has 1 aliphatic carbocycles. The van der Waals surface area contributed by atoms with E-state index in [4.69, 9.17) is 0 Å². The number of rotatable bonds is 5. The first-order valence-electron chi connectivity index (χ1n) is 8.62. The van der Waals surface area contributed by atoms with E-state index in [2.05, 4.69) is 71.1 Å². The Hall–Kier alpha value is -0.820. The zero-order valence-electron chi connectivity index (χ0n) is 14.7. The maximum Gasteiger partial charge on any atom is 0.0294 e. The zero-order valence-corrected chi connectivity index (χ0v) is 14.7. The molecule has 2 rings (SSSR count). The lowest BCUT2D eigenvalue weighted by atomic mass is 9.91. The second-order valence-electron chi connectivity index (χ2n) is 8.38. The predicted octanol–water partition coefficient (Wildman–Crippen LogP) is 5.36. The van der Waals surface area contributed by atoms with E-state index in [1.807, 2.05) is 0 Å². The van der Waals surface area contributed by atoms with Crippen molar-refractivity contribution in [1.29, 1.82) is 0 Å². The Labute approximate surface area is 131 Å². The minimum absolute atomic E-state index is 0.444. The van der Waals surface area contributed by atoms with E-state index >= 15 is 0 Å². The van der Waals surface area contributed by atoms with Crippen molar-refractivity contribution < 1.29 is 0 Å². The normalized spacial score (nSPS) is 26.2. The third-order valence-corrected chi connectivity index (χ3v) is 4.92. The highest BCUT2D eigenvalue weighted by Crippen LogP contribution is 2.41. The Bertz CT molecular complexity index is 443. The fraction of sp³-hybridized carbons (Fsp3) is 0.700. The summed E-state index contributed by atoms with van der Waals surface area (Å²) in [4.78, 5) is 0. The van der Waals surface area contributed by atoms with Gasteiger partial charge in [0, 0.05) is 12.1 Å². The number of benzene rings is 1. The minimum Gasteiger partial charge on any atom is -0.307 e. The summed E-state index contributed by atoms with van der Waals surface area (Å²) in [5.74, 6) is 1.51. The van der Waals surface area contributed by atoms with Crippen molar-refractivity contribution in [2.75, 3.05) is 0 Å². The molecular formula is C20H33N. The molecule has 0 spiro atoms. The molecule has 0 aromatic heterocycles. The summed E-state index contributed by atoms with van der Waals surface area (Å²) >= 11 is 0. The van der Waals surface area contributed by atoms with Crippen molar-refractivity contribution in [3.05, 3.63) is 35.4 Å². The van der Waals surface area contributed by atoms with E-state index in [1.165, 1.54) is 30.4 Å². The lowest BCUT2D eigenvalue weighted by Crippen LogP contribution is -2.33. The van der Waals surface area contributed by atoms with Crippen LogP contribution in [0.25, 0.3) is 0 Å². The third-order valence-electron chi connectivity index (χ3n) is 4.92. The Morgan fingerprint density at radius 1 is 1.10 bits per heavy atom. The highest BCUT2D eigenvalue weighted by atomic mass is 15.0. The molecule has 1 aromatic rings. The van der Waals surface area contributed by atoms with E-state index in [1.54, 1.807) is 0 Å². The van der Waals surface area contributed by atoms with Crippen LogP contribution in [0.4, 0.5) is 0 Å².